The van der Waals surface area contributed by atoms with Crippen molar-refractivity contribution in [3.05, 3.63) is 17.7 Å². The third kappa shape index (κ3) is 1.93. The molecule has 1 N–H and O–H groups in total. The van der Waals surface area contributed by atoms with Gasteiger partial charge in [-0.15, -0.1) is 0 Å². The quantitative estimate of drug-likeness (QED) is 0.833. The highest BCUT2D eigenvalue weighted by atomic mass is 16.5. The summed E-state index contributed by atoms with van der Waals surface area (Å²) in [7, 11) is 3.17. The maximum atomic E-state index is 10.0. The molecule has 1 aliphatic rings. The monoisotopic (exact) mass is 224 g/mol. The normalized spacial score (nSPS) is 19.3. The summed E-state index contributed by atoms with van der Waals surface area (Å²) in [4.78, 5) is 0. The van der Waals surface area contributed by atoms with Gasteiger partial charge in [0.1, 0.15) is 17.2 Å². The van der Waals surface area contributed by atoms with Crippen LogP contribution in [0.5, 0.6) is 17.2 Å². The first-order valence-corrected chi connectivity index (χ1v) is 5.33. The Morgan fingerprint density at radius 3 is 2.81 bits per heavy atom. The fraction of sp³-hybridized carbons (Fsp3) is 0.500. The average Bonchev–Trinajstić information content (AvgIpc) is 2.50. The molecule has 0 saturated heterocycles. The van der Waals surface area contributed by atoms with E-state index in [9.17, 15) is 5.11 Å². The van der Waals surface area contributed by atoms with Gasteiger partial charge in [0.2, 0.25) is 0 Å². The van der Waals surface area contributed by atoms with E-state index in [0.717, 1.165) is 12.0 Å². The lowest BCUT2D eigenvalue weighted by atomic mass is 10.0. The molecule has 4 nitrogen and oxygen atoms in total. The summed E-state index contributed by atoms with van der Waals surface area (Å²) in [5, 5.41) is 10.0. The second kappa shape index (κ2) is 4.61. The number of aliphatic hydroxyl groups excluding tert-OH is 1. The van der Waals surface area contributed by atoms with E-state index in [1.807, 2.05) is 0 Å². The van der Waals surface area contributed by atoms with Crippen LogP contribution in [0.25, 0.3) is 0 Å². The van der Waals surface area contributed by atoms with Gasteiger partial charge < -0.3 is 19.3 Å². The Labute approximate surface area is 94.8 Å². The molecular formula is C12H16O4. The van der Waals surface area contributed by atoms with Gasteiger partial charge in [-0.2, -0.15) is 0 Å². The fourth-order valence-corrected chi connectivity index (χ4v) is 1.91. The number of benzene rings is 1. The van der Waals surface area contributed by atoms with E-state index in [4.69, 9.17) is 14.2 Å². The van der Waals surface area contributed by atoms with E-state index in [0.29, 0.717) is 30.3 Å². The minimum Gasteiger partial charge on any atom is -0.496 e. The summed E-state index contributed by atoms with van der Waals surface area (Å²) < 4.78 is 16.0. The standard InChI is InChI=1S/C12H16O4/c1-14-8-6-10(15-2)12-9(13)4-3-5-16-11(12)7-8/h6-7,9,13H,3-5H2,1-2H3/t9-/m1/s1. The van der Waals surface area contributed by atoms with Crippen LogP contribution in [0, 0.1) is 0 Å². The molecule has 1 atom stereocenters. The first kappa shape index (κ1) is 11.1. The fourth-order valence-electron chi connectivity index (χ4n) is 1.91. The zero-order valence-corrected chi connectivity index (χ0v) is 9.53. The first-order valence-electron chi connectivity index (χ1n) is 5.33. The predicted octanol–water partition coefficient (Wildman–Crippen LogP) is 1.91. The highest BCUT2D eigenvalue weighted by Crippen LogP contribution is 2.41. The summed E-state index contributed by atoms with van der Waals surface area (Å²) >= 11 is 0. The zero-order chi connectivity index (χ0) is 11.5. The van der Waals surface area contributed by atoms with Gasteiger partial charge in [0.25, 0.3) is 0 Å². The molecule has 0 fully saturated rings. The number of rotatable bonds is 2. The van der Waals surface area contributed by atoms with Gasteiger partial charge in [0.05, 0.1) is 32.5 Å². The maximum absolute atomic E-state index is 10.0. The molecule has 1 aliphatic heterocycles. The predicted molar refractivity (Wildman–Crippen MR) is 59.2 cm³/mol. The van der Waals surface area contributed by atoms with Crippen LogP contribution >= 0.6 is 0 Å². The molecule has 0 radical (unpaired) electrons. The highest BCUT2D eigenvalue weighted by molar-refractivity contribution is 5.52. The van der Waals surface area contributed by atoms with Gasteiger partial charge in [0, 0.05) is 12.1 Å². The van der Waals surface area contributed by atoms with Crippen LogP contribution in [-0.4, -0.2) is 25.9 Å². The average molecular weight is 224 g/mol. The molecule has 4 heteroatoms. The maximum Gasteiger partial charge on any atom is 0.132 e. The van der Waals surface area contributed by atoms with E-state index in [2.05, 4.69) is 0 Å². The number of hydrogen-bond acceptors (Lipinski definition) is 4. The SMILES string of the molecule is COc1cc(OC)c2c(c1)OCCC[C@H]2O. The van der Waals surface area contributed by atoms with E-state index in [1.54, 1.807) is 26.4 Å². The van der Waals surface area contributed by atoms with Crippen LogP contribution in [0.1, 0.15) is 24.5 Å². The van der Waals surface area contributed by atoms with Crippen molar-refractivity contribution in [3.8, 4) is 17.2 Å². The molecule has 0 amide bonds. The Balaban J connectivity index is 2.51. The lowest BCUT2D eigenvalue weighted by molar-refractivity contribution is 0.163. The Morgan fingerprint density at radius 2 is 2.12 bits per heavy atom. The van der Waals surface area contributed by atoms with Crippen LogP contribution in [0.15, 0.2) is 12.1 Å². The number of methoxy groups -OCH3 is 2. The third-order valence-electron chi connectivity index (χ3n) is 2.75. The Morgan fingerprint density at radius 1 is 1.31 bits per heavy atom. The molecule has 16 heavy (non-hydrogen) atoms. The number of fused-ring (bicyclic) bond motifs is 1. The van der Waals surface area contributed by atoms with Crippen molar-refractivity contribution in [3.63, 3.8) is 0 Å². The Bertz CT molecular complexity index is 376. The second-order valence-corrected chi connectivity index (χ2v) is 3.75. The molecule has 2 rings (SSSR count). The first-order chi connectivity index (χ1) is 7.76. The molecule has 0 bridgehead atoms. The van der Waals surface area contributed by atoms with Gasteiger partial charge in [-0.25, -0.2) is 0 Å². The van der Waals surface area contributed by atoms with Crippen molar-refractivity contribution in [1.29, 1.82) is 0 Å². The van der Waals surface area contributed by atoms with Crippen molar-refractivity contribution in [2.45, 2.75) is 18.9 Å². The molecular weight excluding hydrogens is 208 g/mol. The molecule has 0 unspecified atom stereocenters. The van der Waals surface area contributed by atoms with Crippen LogP contribution in [0.4, 0.5) is 0 Å². The van der Waals surface area contributed by atoms with Gasteiger partial charge >= 0.3 is 0 Å². The molecule has 1 aromatic carbocycles. The Hall–Kier alpha value is -1.42. The summed E-state index contributed by atoms with van der Waals surface area (Å²) in [5.74, 6) is 1.94. The highest BCUT2D eigenvalue weighted by Gasteiger charge is 2.23. The number of hydrogen-bond donors (Lipinski definition) is 1. The number of aliphatic hydroxyl groups is 1. The third-order valence-corrected chi connectivity index (χ3v) is 2.75. The molecule has 0 aromatic heterocycles. The van der Waals surface area contributed by atoms with Crippen molar-refractivity contribution in [1.82, 2.24) is 0 Å². The summed E-state index contributed by atoms with van der Waals surface area (Å²) in [5.41, 5.74) is 0.723. The Kier molecular flexibility index (Phi) is 3.19. The minimum atomic E-state index is -0.529. The summed E-state index contributed by atoms with van der Waals surface area (Å²) in [6, 6.07) is 3.54. The molecule has 88 valence electrons. The summed E-state index contributed by atoms with van der Waals surface area (Å²) in [6.45, 7) is 0.611. The van der Waals surface area contributed by atoms with Gasteiger partial charge in [0.15, 0.2) is 0 Å². The topological polar surface area (TPSA) is 47.9 Å². The van der Waals surface area contributed by atoms with Crippen LogP contribution < -0.4 is 14.2 Å². The lowest BCUT2D eigenvalue weighted by Gasteiger charge is -2.16. The molecule has 0 saturated carbocycles. The molecule has 1 aromatic rings. The molecule has 0 spiro atoms. The van der Waals surface area contributed by atoms with Crippen molar-refractivity contribution < 1.29 is 19.3 Å². The number of ether oxygens (including phenoxy) is 3. The molecule has 0 aliphatic carbocycles. The van der Waals surface area contributed by atoms with Crippen molar-refractivity contribution >= 4 is 0 Å². The van der Waals surface area contributed by atoms with E-state index in [-0.39, 0.29) is 0 Å². The lowest BCUT2D eigenvalue weighted by Crippen LogP contribution is -2.01. The minimum absolute atomic E-state index is 0.529. The van der Waals surface area contributed by atoms with Gasteiger partial charge in [-0.1, -0.05) is 0 Å². The zero-order valence-electron chi connectivity index (χ0n) is 9.53. The molecule has 1 heterocycles. The van der Waals surface area contributed by atoms with Gasteiger partial charge in [-0.3, -0.25) is 0 Å². The van der Waals surface area contributed by atoms with Crippen LogP contribution in [-0.2, 0) is 0 Å². The van der Waals surface area contributed by atoms with Crippen LogP contribution in [0.2, 0.25) is 0 Å². The van der Waals surface area contributed by atoms with Gasteiger partial charge in [-0.05, 0) is 12.8 Å². The van der Waals surface area contributed by atoms with Crippen molar-refractivity contribution in [2.24, 2.45) is 0 Å². The van der Waals surface area contributed by atoms with Crippen LogP contribution in [0.3, 0.4) is 0 Å². The van der Waals surface area contributed by atoms with Crippen molar-refractivity contribution in [2.75, 3.05) is 20.8 Å². The second-order valence-electron chi connectivity index (χ2n) is 3.75. The van der Waals surface area contributed by atoms with E-state index in [1.165, 1.54) is 0 Å². The summed E-state index contributed by atoms with van der Waals surface area (Å²) in [6.07, 6.45) is 0.996. The largest absolute Gasteiger partial charge is 0.496 e. The van der Waals surface area contributed by atoms with E-state index < -0.39 is 6.10 Å². The van der Waals surface area contributed by atoms with E-state index >= 15 is 0 Å². The smallest absolute Gasteiger partial charge is 0.132 e.